The summed E-state index contributed by atoms with van der Waals surface area (Å²) in [6, 6.07) is 6.08. The van der Waals surface area contributed by atoms with E-state index in [4.69, 9.17) is 0 Å². The highest BCUT2D eigenvalue weighted by atomic mass is 32.2. The average Bonchev–Trinajstić information content (AvgIpc) is 3.16. The van der Waals surface area contributed by atoms with Crippen LogP contribution in [0.1, 0.15) is 24.5 Å². The molecule has 1 aliphatic rings. The molecule has 1 fully saturated rings. The second kappa shape index (κ2) is 7.40. The molecule has 0 saturated carbocycles. The van der Waals surface area contributed by atoms with Crippen LogP contribution < -0.4 is 0 Å². The number of imidazole rings is 1. The zero-order valence-electron chi connectivity index (χ0n) is 15.4. The Balaban J connectivity index is 1.65. The summed E-state index contributed by atoms with van der Waals surface area (Å²) in [6.45, 7) is 0.757. The Morgan fingerprint density at radius 3 is 2.57 bits per heavy atom. The van der Waals surface area contributed by atoms with Crippen LogP contribution in [0, 0.1) is 5.82 Å². The van der Waals surface area contributed by atoms with Gasteiger partial charge in [-0.3, -0.25) is 9.97 Å². The van der Waals surface area contributed by atoms with Crippen LogP contribution in [0.15, 0.2) is 54.2 Å². The van der Waals surface area contributed by atoms with Gasteiger partial charge in [0.05, 0.1) is 17.7 Å². The molecule has 1 atom stereocenters. The lowest BCUT2D eigenvalue weighted by atomic mass is 9.92. The Morgan fingerprint density at radius 2 is 1.86 bits per heavy atom. The molecule has 0 N–H and O–H groups in total. The van der Waals surface area contributed by atoms with Gasteiger partial charge in [0.15, 0.2) is 5.03 Å². The van der Waals surface area contributed by atoms with Crippen molar-refractivity contribution in [2.24, 2.45) is 7.05 Å². The lowest BCUT2D eigenvalue weighted by Crippen LogP contribution is -2.39. The van der Waals surface area contributed by atoms with Crippen LogP contribution >= 0.6 is 0 Å². The van der Waals surface area contributed by atoms with Crippen molar-refractivity contribution in [3.8, 4) is 11.3 Å². The van der Waals surface area contributed by atoms with Gasteiger partial charge in [-0.2, -0.15) is 4.31 Å². The minimum atomic E-state index is -3.66. The molecule has 2 aromatic heterocycles. The van der Waals surface area contributed by atoms with E-state index in [2.05, 4.69) is 15.0 Å². The predicted molar refractivity (Wildman–Crippen MR) is 101 cm³/mol. The predicted octanol–water partition coefficient (Wildman–Crippen LogP) is 2.58. The standard InChI is InChI=1S/C19H20FN5O2S/c1-24-12-17(23-13-24)28(26,27)25-10-2-3-15(11-25)19-18(21-8-9-22-19)14-4-6-16(20)7-5-14/h4-9,12-13,15H,2-3,10-11H2,1H3/t15-/m1/s1. The maximum Gasteiger partial charge on any atom is 0.262 e. The second-order valence-corrected chi connectivity index (χ2v) is 8.76. The van der Waals surface area contributed by atoms with E-state index in [1.807, 2.05) is 0 Å². The Kier molecular flexibility index (Phi) is 4.94. The summed E-state index contributed by atoms with van der Waals surface area (Å²) in [5.41, 5.74) is 2.15. The molecule has 0 radical (unpaired) electrons. The Hall–Kier alpha value is -2.65. The molecule has 3 heterocycles. The van der Waals surface area contributed by atoms with Crippen molar-refractivity contribution in [1.29, 1.82) is 0 Å². The minimum absolute atomic E-state index is 0.0496. The van der Waals surface area contributed by atoms with E-state index in [9.17, 15) is 12.8 Å². The zero-order valence-corrected chi connectivity index (χ0v) is 16.2. The summed E-state index contributed by atoms with van der Waals surface area (Å²) in [7, 11) is -1.93. The van der Waals surface area contributed by atoms with Crippen molar-refractivity contribution in [3.05, 3.63) is 60.7 Å². The van der Waals surface area contributed by atoms with Crippen LogP contribution in [0.4, 0.5) is 4.39 Å². The smallest absolute Gasteiger partial charge is 0.262 e. The van der Waals surface area contributed by atoms with Crippen LogP contribution in [0.3, 0.4) is 0 Å². The number of hydrogen-bond acceptors (Lipinski definition) is 5. The van der Waals surface area contributed by atoms with Gasteiger partial charge >= 0.3 is 0 Å². The molecule has 28 heavy (non-hydrogen) atoms. The fraction of sp³-hybridized carbons (Fsp3) is 0.316. The SMILES string of the molecule is Cn1cnc(S(=O)(=O)N2CCC[C@@H](c3nccnc3-c3ccc(F)cc3)C2)c1. The van der Waals surface area contributed by atoms with E-state index in [-0.39, 0.29) is 16.8 Å². The number of aromatic nitrogens is 4. The normalized spacial score (nSPS) is 18.3. The largest absolute Gasteiger partial charge is 0.339 e. The number of rotatable bonds is 4. The van der Waals surface area contributed by atoms with Crippen molar-refractivity contribution in [3.63, 3.8) is 0 Å². The van der Waals surface area contributed by atoms with E-state index < -0.39 is 10.0 Å². The molecule has 3 aromatic rings. The average molecular weight is 401 g/mol. The third kappa shape index (κ3) is 3.55. The molecule has 0 amide bonds. The van der Waals surface area contributed by atoms with E-state index in [1.54, 1.807) is 36.1 Å². The topological polar surface area (TPSA) is 81.0 Å². The molecule has 0 spiro atoms. The summed E-state index contributed by atoms with van der Waals surface area (Å²) < 4.78 is 42.2. The number of benzene rings is 1. The number of aryl methyl sites for hydroxylation is 1. The molecule has 146 valence electrons. The zero-order chi connectivity index (χ0) is 19.7. The van der Waals surface area contributed by atoms with Gasteiger partial charge in [0.25, 0.3) is 10.0 Å². The molecule has 0 unspecified atom stereocenters. The summed E-state index contributed by atoms with van der Waals surface area (Å²) in [5.74, 6) is -0.416. The first-order valence-corrected chi connectivity index (χ1v) is 10.4. The second-order valence-electron chi connectivity index (χ2n) is 6.88. The summed E-state index contributed by atoms with van der Waals surface area (Å²) in [6.07, 6.45) is 7.70. The number of halogens is 1. The van der Waals surface area contributed by atoms with Crippen LogP contribution in [0.25, 0.3) is 11.3 Å². The van der Waals surface area contributed by atoms with Crippen LogP contribution in [0.2, 0.25) is 0 Å². The van der Waals surface area contributed by atoms with Gasteiger partial charge in [-0.1, -0.05) is 0 Å². The fourth-order valence-electron chi connectivity index (χ4n) is 3.52. The van der Waals surface area contributed by atoms with Gasteiger partial charge < -0.3 is 4.57 Å². The number of hydrogen-bond donors (Lipinski definition) is 0. The maximum absolute atomic E-state index is 13.3. The molecular weight excluding hydrogens is 381 g/mol. The number of piperidine rings is 1. The highest BCUT2D eigenvalue weighted by Gasteiger charge is 2.33. The van der Waals surface area contributed by atoms with Gasteiger partial charge in [-0.05, 0) is 37.1 Å². The molecular formula is C19H20FN5O2S. The Morgan fingerprint density at radius 1 is 1.11 bits per heavy atom. The third-order valence-corrected chi connectivity index (χ3v) is 6.65. The quantitative estimate of drug-likeness (QED) is 0.671. The van der Waals surface area contributed by atoms with Gasteiger partial charge in [0, 0.05) is 50.2 Å². The van der Waals surface area contributed by atoms with E-state index in [0.29, 0.717) is 18.8 Å². The molecule has 1 aliphatic heterocycles. The van der Waals surface area contributed by atoms with Crippen LogP contribution in [0.5, 0.6) is 0 Å². The van der Waals surface area contributed by atoms with E-state index in [0.717, 1.165) is 24.1 Å². The van der Waals surface area contributed by atoms with Crippen LogP contribution in [-0.2, 0) is 17.1 Å². The van der Waals surface area contributed by atoms with Crippen molar-refractivity contribution in [2.45, 2.75) is 23.8 Å². The molecule has 0 aliphatic carbocycles. The maximum atomic E-state index is 13.3. The Bertz CT molecular complexity index is 1080. The lowest BCUT2D eigenvalue weighted by Gasteiger charge is -2.31. The van der Waals surface area contributed by atoms with Crippen molar-refractivity contribution in [1.82, 2.24) is 23.8 Å². The van der Waals surface area contributed by atoms with Gasteiger partial charge in [-0.15, -0.1) is 0 Å². The Labute approximate surface area is 162 Å². The first-order valence-electron chi connectivity index (χ1n) is 9.00. The number of sulfonamides is 1. The highest BCUT2D eigenvalue weighted by molar-refractivity contribution is 7.89. The molecule has 1 saturated heterocycles. The first-order chi connectivity index (χ1) is 13.4. The van der Waals surface area contributed by atoms with Gasteiger partial charge in [-0.25, -0.2) is 17.8 Å². The van der Waals surface area contributed by atoms with E-state index >= 15 is 0 Å². The van der Waals surface area contributed by atoms with E-state index in [1.165, 1.54) is 29.0 Å². The van der Waals surface area contributed by atoms with Crippen molar-refractivity contribution in [2.75, 3.05) is 13.1 Å². The van der Waals surface area contributed by atoms with Crippen LogP contribution in [-0.4, -0.2) is 45.3 Å². The monoisotopic (exact) mass is 401 g/mol. The molecule has 1 aromatic carbocycles. The molecule has 0 bridgehead atoms. The van der Waals surface area contributed by atoms with Crippen molar-refractivity contribution >= 4 is 10.0 Å². The third-order valence-electron chi connectivity index (χ3n) is 4.90. The van der Waals surface area contributed by atoms with Gasteiger partial charge in [0.2, 0.25) is 0 Å². The fourth-order valence-corrected chi connectivity index (χ4v) is 5.01. The highest BCUT2D eigenvalue weighted by Crippen LogP contribution is 2.33. The minimum Gasteiger partial charge on any atom is -0.339 e. The summed E-state index contributed by atoms with van der Waals surface area (Å²) in [5, 5.41) is 0.0496. The van der Waals surface area contributed by atoms with Crippen molar-refractivity contribution < 1.29 is 12.8 Å². The molecule has 4 rings (SSSR count). The lowest BCUT2D eigenvalue weighted by molar-refractivity contribution is 0.312. The summed E-state index contributed by atoms with van der Waals surface area (Å²) >= 11 is 0. The summed E-state index contributed by atoms with van der Waals surface area (Å²) in [4.78, 5) is 12.9. The van der Waals surface area contributed by atoms with Gasteiger partial charge in [0.1, 0.15) is 5.82 Å². The molecule has 7 nitrogen and oxygen atoms in total. The number of nitrogens with zero attached hydrogens (tertiary/aromatic N) is 5. The molecule has 9 heteroatoms. The first kappa shape index (κ1) is 18.7.